The van der Waals surface area contributed by atoms with Crippen molar-refractivity contribution in [2.24, 2.45) is 0 Å². The van der Waals surface area contributed by atoms with Crippen molar-refractivity contribution >= 4 is 0 Å². The third-order valence-corrected chi connectivity index (χ3v) is 4.13. The quantitative estimate of drug-likeness (QED) is 0.920. The van der Waals surface area contributed by atoms with Crippen LogP contribution in [0.3, 0.4) is 0 Å². The molecule has 3 rings (SSSR count). The van der Waals surface area contributed by atoms with Crippen molar-refractivity contribution in [2.75, 3.05) is 20.3 Å². The molecule has 1 aliphatic rings. The normalized spacial score (nSPS) is 21.0. The van der Waals surface area contributed by atoms with Crippen LogP contribution in [0.2, 0.25) is 0 Å². The Morgan fingerprint density at radius 1 is 1.14 bits per heavy atom. The van der Waals surface area contributed by atoms with Crippen LogP contribution in [0.25, 0.3) is 0 Å². The number of halogens is 1. The Kier molecular flexibility index (Phi) is 4.71. The zero-order valence-electron chi connectivity index (χ0n) is 12.6. The molecule has 1 aliphatic heterocycles. The zero-order chi connectivity index (χ0) is 15.4. The molecule has 0 bridgehead atoms. The fraction of sp³-hybridized carbons (Fsp3) is 0.333. The first-order valence-electron chi connectivity index (χ1n) is 7.46. The van der Waals surface area contributed by atoms with Gasteiger partial charge in [-0.15, -0.1) is 0 Å². The summed E-state index contributed by atoms with van der Waals surface area (Å²) >= 11 is 0. The van der Waals surface area contributed by atoms with Crippen molar-refractivity contribution < 1.29 is 13.9 Å². The van der Waals surface area contributed by atoms with E-state index in [0.717, 1.165) is 23.4 Å². The SMILES string of the molecule is COc1ccccc1CN[C@@H]1COC[C@H]1c1ccc(F)cc1. The molecule has 0 amide bonds. The second kappa shape index (κ2) is 6.90. The molecule has 0 radical (unpaired) electrons. The van der Waals surface area contributed by atoms with Crippen LogP contribution in [0.5, 0.6) is 5.75 Å². The number of para-hydroxylation sites is 1. The highest BCUT2D eigenvalue weighted by Gasteiger charge is 2.29. The number of hydrogen-bond acceptors (Lipinski definition) is 3. The van der Waals surface area contributed by atoms with Gasteiger partial charge in [-0.2, -0.15) is 0 Å². The van der Waals surface area contributed by atoms with Crippen molar-refractivity contribution in [3.8, 4) is 5.75 Å². The fourth-order valence-corrected chi connectivity index (χ4v) is 2.88. The second-order valence-electron chi connectivity index (χ2n) is 5.49. The molecule has 1 heterocycles. The van der Waals surface area contributed by atoms with Crippen LogP contribution in [0, 0.1) is 5.82 Å². The monoisotopic (exact) mass is 301 g/mol. The summed E-state index contributed by atoms with van der Waals surface area (Å²) in [5.74, 6) is 0.920. The van der Waals surface area contributed by atoms with Crippen molar-refractivity contribution in [1.29, 1.82) is 0 Å². The average molecular weight is 301 g/mol. The third-order valence-electron chi connectivity index (χ3n) is 4.13. The number of ether oxygens (including phenoxy) is 2. The van der Waals surface area contributed by atoms with E-state index >= 15 is 0 Å². The standard InChI is InChI=1S/C18H20FNO2/c1-21-18-5-3-2-4-14(18)10-20-17-12-22-11-16(17)13-6-8-15(19)9-7-13/h2-9,16-17,20H,10-12H2,1H3/t16-,17+/m0/s1. The summed E-state index contributed by atoms with van der Waals surface area (Å²) < 4.78 is 24.0. The van der Waals surface area contributed by atoms with E-state index in [0.29, 0.717) is 13.2 Å². The van der Waals surface area contributed by atoms with E-state index in [9.17, 15) is 4.39 Å². The van der Waals surface area contributed by atoms with Crippen molar-refractivity contribution in [2.45, 2.75) is 18.5 Å². The lowest BCUT2D eigenvalue weighted by molar-refractivity contribution is 0.187. The lowest BCUT2D eigenvalue weighted by Gasteiger charge is -2.20. The Labute approximate surface area is 130 Å². The number of benzene rings is 2. The molecular formula is C18H20FNO2. The van der Waals surface area contributed by atoms with E-state index in [-0.39, 0.29) is 17.8 Å². The molecule has 2 atom stereocenters. The van der Waals surface area contributed by atoms with Gasteiger partial charge >= 0.3 is 0 Å². The Hall–Kier alpha value is -1.91. The van der Waals surface area contributed by atoms with Crippen LogP contribution in [-0.2, 0) is 11.3 Å². The van der Waals surface area contributed by atoms with Crippen LogP contribution in [0.1, 0.15) is 17.0 Å². The summed E-state index contributed by atoms with van der Waals surface area (Å²) in [6.45, 7) is 2.04. The molecule has 0 saturated carbocycles. The number of rotatable bonds is 5. The summed E-state index contributed by atoms with van der Waals surface area (Å²) in [6.07, 6.45) is 0. The van der Waals surface area contributed by atoms with Crippen LogP contribution in [0.15, 0.2) is 48.5 Å². The van der Waals surface area contributed by atoms with Crippen LogP contribution >= 0.6 is 0 Å². The Morgan fingerprint density at radius 3 is 2.68 bits per heavy atom. The van der Waals surface area contributed by atoms with Crippen LogP contribution < -0.4 is 10.1 Å². The van der Waals surface area contributed by atoms with Gasteiger partial charge < -0.3 is 14.8 Å². The van der Waals surface area contributed by atoms with Gasteiger partial charge in [-0.1, -0.05) is 30.3 Å². The van der Waals surface area contributed by atoms with Gasteiger partial charge in [-0.25, -0.2) is 4.39 Å². The van der Waals surface area contributed by atoms with Gasteiger partial charge in [0.1, 0.15) is 11.6 Å². The maximum Gasteiger partial charge on any atom is 0.123 e. The minimum absolute atomic E-state index is 0.207. The molecule has 0 aromatic heterocycles. The minimum Gasteiger partial charge on any atom is -0.496 e. The average Bonchev–Trinajstić information content (AvgIpc) is 3.02. The Balaban J connectivity index is 1.67. The molecule has 0 unspecified atom stereocenters. The van der Waals surface area contributed by atoms with E-state index in [1.54, 1.807) is 7.11 Å². The van der Waals surface area contributed by atoms with Crippen molar-refractivity contribution in [3.05, 3.63) is 65.5 Å². The molecule has 1 saturated heterocycles. The molecular weight excluding hydrogens is 281 g/mol. The maximum atomic E-state index is 13.1. The Bertz CT molecular complexity index is 615. The molecule has 4 heteroatoms. The molecule has 22 heavy (non-hydrogen) atoms. The predicted molar refractivity (Wildman–Crippen MR) is 83.6 cm³/mol. The number of methoxy groups -OCH3 is 1. The van der Waals surface area contributed by atoms with Gasteiger partial charge in [0.15, 0.2) is 0 Å². The van der Waals surface area contributed by atoms with Crippen LogP contribution in [-0.4, -0.2) is 26.4 Å². The van der Waals surface area contributed by atoms with Gasteiger partial charge in [0.2, 0.25) is 0 Å². The van der Waals surface area contributed by atoms with Gasteiger partial charge in [-0.3, -0.25) is 0 Å². The Morgan fingerprint density at radius 2 is 1.91 bits per heavy atom. The zero-order valence-corrected chi connectivity index (χ0v) is 12.6. The molecule has 1 N–H and O–H groups in total. The first-order chi connectivity index (χ1) is 10.8. The van der Waals surface area contributed by atoms with Crippen LogP contribution in [0.4, 0.5) is 4.39 Å². The highest BCUT2D eigenvalue weighted by Crippen LogP contribution is 2.27. The van der Waals surface area contributed by atoms with Gasteiger partial charge in [0.05, 0.1) is 20.3 Å². The maximum absolute atomic E-state index is 13.1. The molecule has 0 spiro atoms. The topological polar surface area (TPSA) is 30.5 Å². The van der Waals surface area contributed by atoms with E-state index in [4.69, 9.17) is 9.47 Å². The van der Waals surface area contributed by atoms with Crippen molar-refractivity contribution in [1.82, 2.24) is 5.32 Å². The second-order valence-corrected chi connectivity index (χ2v) is 5.49. The molecule has 3 nitrogen and oxygen atoms in total. The van der Waals surface area contributed by atoms with E-state index < -0.39 is 0 Å². The first kappa shape index (κ1) is 15.0. The summed E-state index contributed by atoms with van der Waals surface area (Å²) in [5, 5.41) is 3.54. The highest BCUT2D eigenvalue weighted by atomic mass is 19.1. The van der Waals surface area contributed by atoms with Crippen molar-refractivity contribution in [3.63, 3.8) is 0 Å². The lowest BCUT2D eigenvalue weighted by atomic mass is 9.94. The predicted octanol–water partition coefficient (Wildman–Crippen LogP) is 3.11. The molecule has 116 valence electrons. The summed E-state index contributed by atoms with van der Waals surface area (Å²) in [6, 6.07) is 14.9. The molecule has 0 aliphatic carbocycles. The third kappa shape index (κ3) is 3.29. The lowest BCUT2D eigenvalue weighted by Crippen LogP contribution is -2.34. The molecule has 2 aromatic carbocycles. The molecule has 2 aromatic rings. The first-order valence-corrected chi connectivity index (χ1v) is 7.46. The number of hydrogen-bond donors (Lipinski definition) is 1. The summed E-state index contributed by atoms with van der Waals surface area (Å²) in [7, 11) is 1.68. The highest BCUT2D eigenvalue weighted by molar-refractivity contribution is 5.33. The largest absolute Gasteiger partial charge is 0.496 e. The minimum atomic E-state index is -0.207. The van der Waals surface area contributed by atoms with E-state index in [1.165, 1.54) is 12.1 Å². The van der Waals surface area contributed by atoms with E-state index in [1.807, 2.05) is 30.3 Å². The summed E-state index contributed by atoms with van der Waals surface area (Å²) in [4.78, 5) is 0. The van der Waals surface area contributed by atoms with Gasteiger partial charge in [0.25, 0.3) is 0 Å². The molecule has 1 fully saturated rings. The van der Waals surface area contributed by atoms with Gasteiger partial charge in [0, 0.05) is 24.1 Å². The summed E-state index contributed by atoms with van der Waals surface area (Å²) in [5.41, 5.74) is 2.23. The smallest absolute Gasteiger partial charge is 0.123 e. The fourth-order valence-electron chi connectivity index (χ4n) is 2.88. The van der Waals surface area contributed by atoms with Gasteiger partial charge in [-0.05, 0) is 23.8 Å². The van der Waals surface area contributed by atoms with E-state index in [2.05, 4.69) is 11.4 Å². The number of nitrogens with one attached hydrogen (secondary N) is 1.